The fourth-order valence-electron chi connectivity index (χ4n) is 0.790. The normalized spacial score (nSPS) is 13.3. The van der Waals surface area contributed by atoms with E-state index in [9.17, 15) is 13.2 Å². The number of carbonyl (C=O) groups excluding carboxylic acids is 1. The Balaban J connectivity index is 3.81. The van der Waals surface area contributed by atoms with Gasteiger partial charge in [-0.25, -0.2) is 17.9 Å². The molecule has 0 aliphatic rings. The molecule has 0 rings (SSSR count). The maximum atomic E-state index is 11.1. The van der Waals surface area contributed by atoms with E-state index >= 15 is 0 Å². The highest BCUT2D eigenvalue weighted by molar-refractivity contribution is 7.88. The molecular formula is C9H17NO4S. The molecule has 6 heteroatoms. The van der Waals surface area contributed by atoms with Crippen molar-refractivity contribution in [2.75, 3.05) is 12.8 Å². The number of hydrogen-bond donors (Lipinski definition) is 1. The van der Waals surface area contributed by atoms with Crippen molar-refractivity contribution >= 4 is 16.0 Å². The lowest BCUT2D eigenvalue weighted by molar-refractivity contribution is -0.143. The molecule has 88 valence electrons. The van der Waals surface area contributed by atoms with Gasteiger partial charge in [0.05, 0.1) is 6.26 Å². The van der Waals surface area contributed by atoms with Gasteiger partial charge in [0.15, 0.2) is 0 Å². The third-order valence-corrected chi connectivity index (χ3v) is 2.30. The van der Waals surface area contributed by atoms with E-state index in [1.54, 1.807) is 13.8 Å². The Morgan fingerprint density at radius 1 is 1.53 bits per heavy atom. The van der Waals surface area contributed by atoms with Gasteiger partial charge in [0.2, 0.25) is 10.0 Å². The van der Waals surface area contributed by atoms with Crippen LogP contribution >= 0.6 is 0 Å². The quantitative estimate of drug-likeness (QED) is 0.535. The SMILES string of the molecule is C=C(C)C(=O)OC(C)CCNS(C)(=O)=O. The molecule has 1 N–H and O–H groups in total. The zero-order chi connectivity index (χ0) is 12.1. The van der Waals surface area contributed by atoms with Crippen molar-refractivity contribution in [3.63, 3.8) is 0 Å². The van der Waals surface area contributed by atoms with Gasteiger partial charge in [-0.1, -0.05) is 6.58 Å². The Morgan fingerprint density at radius 2 is 2.07 bits per heavy atom. The molecule has 0 fully saturated rings. The first-order chi connectivity index (χ1) is 6.72. The van der Waals surface area contributed by atoms with Crippen LogP contribution in [0.15, 0.2) is 12.2 Å². The zero-order valence-corrected chi connectivity index (χ0v) is 10.1. The number of sulfonamides is 1. The molecule has 0 saturated carbocycles. The minimum absolute atomic E-state index is 0.253. The average Bonchev–Trinajstić information content (AvgIpc) is 2.01. The van der Waals surface area contributed by atoms with Crippen molar-refractivity contribution in [2.45, 2.75) is 26.4 Å². The second-order valence-corrected chi connectivity index (χ2v) is 5.28. The van der Waals surface area contributed by atoms with Gasteiger partial charge in [-0.05, 0) is 20.3 Å². The van der Waals surface area contributed by atoms with E-state index < -0.39 is 16.0 Å². The first-order valence-electron chi connectivity index (χ1n) is 4.53. The second-order valence-electron chi connectivity index (χ2n) is 3.45. The van der Waals surface area contributed by atoms with Crippen LogP contribution in [0.3, 0.4) is 0 Å². The van der Waals surface area contributed by atoms with Gasteiger partial charge in [0.1, 0.15) is 6.10 Å². The van der Waals surface area contributed by atoms with Gasteiger partial charge in [0, 0.05) is 12.1 Å². The van der Waals surface area contributed by atoms with E-state index in [0.29, 0.717) is 12.0 Å². The summed E-state index contributed by atoms with van der Waals surface area (Å²) < 4.78 is 28.7. The summed E-state index contributed by atoms with van der Waals surface area (Å²) in [7, 11) is -3.17. The summed E-state index contributed by atoms with van der Waals surface area (Å²) >= 11 is 0. The Morgan fingerprint density at radius 3 is 2.47 bits per heavy atom. The predicted octanol–water partition coefficient (Wildman–Crippen LogP) is 0.434. The molecule has 0 amide bonds. The van der Waals surface area contributed by atoms with Crippen LogP contribution < -0.4 is 4.72 Å². The highest BCUT2D eigenvalue weighted by Gasteiger charge is 2.10. The molecule has 0 aromatic carbocycles. The number of ether oxygens (including phenoxy) is 1. The number of esters is 1. The van der Waals surface area contributed by atoms with Gasteiger partial charge >= 0.3 is 5.97 Å². The van der Waals surface area contributed by atoms with Crippen molar-refractivity contribution in [1.82, 2.24) is 4.72 Å². The lowest BCUT2D eigenvalue weighted by Crippen LogP contribution is -2.27. The largest absolute Gasteiger partial charge is 0.459 e. The summed E-state index contributed by atoms with van der Waals surface area (Å²) in [4.78, 5) is 11.1. The predicted molar refractivity (Wildman–Crippen MR) is 57.8 cm³/mol. The topological polar surface area (TPSA) is 72.5 Å². The van der Waals surface area contributed by atoms with Crippen LogP contribution in [0.2, 0.25) is 0 Å². The molecule has 0 aliphatic carbocycles. The van der Waals surface area contributed by atoms with Crippen molar-refractivity contribution in [3.8, 4) is 0 Å². The van der Waals surface area contributed by atoms with Gasteiger partial charge in [-0.2, -0.15) is 0 Å². The van der Waals surface area contributed by atoms with E-state index in [2.05, 4.69) is 11.3 Å². The molecule has 0 aliphatic heterocycles. The third kappa shape index (κ3) is 8.14. The molecule has 0 bridgehead atoms. The van der Waals surface area contributed by atoms with Crippen LogP contribution in [0, 0.1) is 0 Å². The monoisotopic (exact) mass is 235 g/mol. The number of rotatable bonds is 6. The molecule has 0 heterocycles. The lowest BCUT2D eigenvalue weighted by atomic mass is 10.3. The van der Waals surface area contributed by atoms with Gasteiger partial charge in [0.25, 0.3) is 0 Å². The van der Waals surface area contributed by atoms with Crippen LogP contribution in [0.4, 0.5) is 0 Å². The minimum Gasteiger partial charge on any atom is -0.459 e. The van der Waals surface area contributed by atoms with E-state index in [0.717, 1.165) is 6.26 Å². The van der Waals surface area contributed by atoms with E-state index in [1.807, 2.05) is 0 Å². The smallest absolute Gasteiger partial charge is 0.333 e. The van der Waals surface area contributed by atoms with E-state index in [1.165, 1.54) is 0 Å². The molecule has 0 radical (unpaired) electrons. The maximum Gasteiger partial charge on any atom is 0.333 e. The van der Waals surface area contributed by atoms with Crippen LogP contribution in [0.25, 0.3) is 0 Å². The van der Waals surface area contributed by atoms with E-state index in [4.69, 9.17) is 4.74 Å². The Hall–Kier alpha value is -0.880. The Bertz CT molecular complexity index is 334. The van der Waals surface area contributed by atoms with Crippen molar-refractivity contribution in [3.05, 3.63) is 12.2 Å². The van der Waals surface area contributed by atoms with Crippen molar-refractivity contribution < 1.29 is 17.9 Å². The Kier molecular flexibility index (Phi) is 5.53. The van der Waals surface area contributed by atoms with Gasteiger partial charge < -0.3 is 4.74 Å². The fourth-order valence-corrected chi connectivity index (χ4v) is 1.28. The molecule has 5 nitrogen and oxygen atoms in total. The molecule has 1 unspecified atom stereocenters. The zero-order valence-electron chi connectivity index (χ0n) is 9.24. The highest BCUT2D eigenvalue weighted by Crippen LogP contribution is 2.01. The molecular weight excluding hydrogens is 218 g/mol. The number of hydrogen-bond acceptors (Lipinski definition) is 4. The molecule has 1 atom stereocenters. The Labute approximate surface area is 90.6 Å². The van der Waals surface area contributed by atoms with Crippen LogP contribution in [-0.2, 0) is 19.6 Å². The van der Waals surface area contributed by atoms with Crippen LogP contribution in [-0.4, -0.2) is 33.3 Å². The summed E-state index contributed by atoms with van der Waals surface area (Å²) in [6.45, 7) is 6.95. The molecule has 0 aromatic heterocycles. The van der Waals surface area contributed by atoms with Gasteiger partial charge in [-0.3, -0.25) is 0 Å². The summed E-state index contributed by atoms with van der Waals surface area (Å²) in [6, 6.07) is 0. The second kappa shape index (κ2) is 5.87. The highest BCUT2D eigenvalue weighted by atomic mass is 32.2. The first-order valence-corrected chi connectivity index (χ1v) is 6.42. The van der Waals surface area contributed by atoms with Crippen LogP contribution in [0.1, 0.15) is 20.3 Å². The molecule has 15 heavy (non-hydrogen) atoms. The lowest BCUT2D eigenvalue weighted by Gasteiger charge is -2.12. The maximum absolute atomic E-state index is 11.1. The summed E-state index contributed by atoms with van der Waals surface area (Å²) in [5, 5.41) is 0. The fraction of sp³-hybridized carbons (Fsp3) is 0.667. The van der Waals surface area contributed by atoms with Crippen molar-refractivity contribution in [2.24, 2.45) is 0 Å². The standard InChI is InChI=1S/C9H17NO4S/c1-7(2)9(11)14-8(3)5-6-10-15(4,12)13/h8,10H,1,5-6H2,2-4H3. The molecule has 0 aromatic rings. The number of nitrogens with one attached hydrogen (secondary N) is 1. The first kappa shape index (κ1) is 14.1. The van der Waals surface area contributed by atoms with Gasteiger partial charge in [-0.15, -0.1) is 0 Å². The summed E-state index contributed by atoms with van der Waals surface area (Å²) in [5.74, 6) is -0.457. The van der Waals surface area contributed by atoms with Crippen LogP contribution in [0.5, 0.6) is 0 Å². The third-order valence-electron chi connectivity index (χ3n) is 1.57. The minimum atomic E-state index is -3.17. The summed E-state index contributed by atoms with van der Waals surface area (Å²) in [6.07, 6.45) is 1.19. The molecule has 0 saturated heterocycles. The van der Waals surface area contributed by atoms with E-state index in [-0.39, 0.29) is 12.6 Å². The molecule has 0 spiro atoms. The van der Waals surface area contributed by atoms with Crippen molar-refractivity contribution in [1.29, 1.82) is 0 Å². The summed E-state index contributed by atoms with van der Waals surface area (Å²) in [5.41, 5.74) is 0.331. The average molecular weight is 235 g/mol. The number of carbonyl (C=O) groups is 1.